The molecule has 1 N–H and O–H groups in total. The van der Waals surface area contributed by atoms with Gasteiger partial charge in [0.15, 0.2) is 5.69 Å². The van der Waals surface area contributed by atoms with Crippen molar-refractivity contribution in [3.63, 3.8) is 0 Å². The molecule has 0 spiro atoms. The normalized spacial score (nSPS) is 10.8. The van der Waals surface area contributed by atoms with E-state index in [1.165, 1.54) is 0 Å². The second kappa shape index (κ2) is 6.88. The van der Waals surface area contributed by atoms with E-state index < -0.39 is 5.97 Å². The standard InChI is InChI=1S/C15H19N3O3/c1-11(2)10-18-13(14(15(19)20)16-17-18)8-9-21-12-6-4-3-5-7-12/h3-7,11H,8-10H2,1-2H3,(H,19,20). The molecule has 21 heavy (non-hydrogen) atoms. The zero-order valence-corrected chi connectivity index (χ0v) is 12.2. The molecule has 0 bridgehead atoms. The highest BCUT2D eigenvalue weighted by Crippen LogP contribution is 2.12. The maximum Gasteiger partial charge on any atom is 0.358 e. The van der Waals surface area contributed by atoms with Gasteiger partial charge < -0.3 is 9.84 Å². The van der Waals surface area contributed by atoms with E-state index in [0.29, 0.717) is 31.2 Å². The minimum absolute atomic E-state index is 0.00677. The highest BCUT2D eigenvalue weighted by atomic mass is 16.5. The number of aromatic carboxylic acids is 1. The fourth-order valence-corrected chi connectivity index (χ4v) is 2.02. The number of ether oxygens (including phenoxy) is 1. The second-order valence-electron chi connectivity index (χ2n) is 5.18. The Morgan fingerprint density at radius 3 is 2.67 bits per heavy atom. The van der Waals surface area contributed by atoms with Gasteiger partial charge in [-0.1, -0.05) is 37.3 Å². The molecule has 6 heteroatoms. The molecule has 0 fully saturated rings. The summed E-state index contributed by atoms with van der Waals surface area (Å²) < 4.78 is 7.27. The quantitative estimate of drug-likeness (QED) is 0.846. The second-order valence-corrected chi connectivity index (χ2v) is 5.18. The van der Waals surface area contributed by atoms with Crippen molar-refractivity contribution < 1.29 is 14.6 Å². The van der Waals surface area contributed by atoms with Gasteiger partial charge in [0.25, 0.3) is 0 Å². The fourth-order valence-electron chi connectivity index (χ4n) is 2.02. The first kappa shape index (κ1) is 15.0. The van der Waals surface area contributed by atoms with Gasteiger partial charge >= 0.3 is 5.97 Å². The summed E-state index contributed by atoms with van der Waals surface area (Å²) in [4.78, 5) is 11.2. The van der Waals surface area contributed by atoms with Crippen LogP contribution < -0.4 is 4.74 Å². The van der Waals surface area contributed by atoms with Crippen molar-refractivity contribution in [3.8, 4) is 5.75 Å². The molecule has 0 amide bonds. The summed E-state index contributed by atoms with van der Waals surface area (Å²) in [6, 6.07) is 9.42. The van der Waals surface area contributed by atoms with Crippen LogP contribution in [-0.4, -0.2) is 32.7 Å². The van der Waals surface area contributed by atoms with Crippen molar-refractivity contribution in [3.05, 3.63) is 41.7 Å². The molecule has 1 aromatic carbocycles. The smallest absolute Gasteiger partial charge is 0.358 e. The van der Waals surface area contributed by atoms with E-state index in [0.717, 1.165) is 5.75 Å². The van der Waals surface area contributed by atoms with E-state index >= 15 is 0 Å². The molecule has 0 atom stereocenters. The number of hydrogen-bond donors (Lipinski definition) is 1. The fraction of sp³-hybridized carbons (Fsp3) is 0.400. The first-order valence-corrected chi connectivity index (χ1v) is 6.91. The summed E-state index contributed by atoms with van der Waals surface area (Å²) in [5, 5.41) is 16.9. The SMILES string of the molecule is CC(C)Cn1nnc(C(=O)O)c1CCOc1ccccc1. The zero-order chi connectivity index (χ0) is 15.2. The van der Waals surface area contributed by atoms with E-state index in [-0.39, 0.29) is 5.69 Å². The minimum atomic E-state index is -1.06. The summed E-state index contributed by atoms with van der Waals surface area (Å²) in [7, 11) is 0. The number of hydrogen-bond acceptors (Lipinski definition) is 4. The molecule has 0 aliphatic heterocycles. The Morgan fingerprint density at radius 2 is 2.05 bits per heavy atom. The highest BCUT2D eigenvalue weighted by Gasteiger charge is 2.19. The number of para-hydroxylation sites is 1. The van der Waals surface area contributed by atoms with Crippen molar-refractivity contribution in [2.24, 2.45) is 5.92 Å². The van der Waals surface area contributed by atoms with Gasteiger partial charge in [-0.15, -0.1) is 5.10 Å². The summed E-state index contributed by atoms with van der Waals surface area (Å²) in [5.74, 6) is 0.0686. The number of benzene rings is 1. The van der Waals surface area contributed by atoms with Crippen LogP contribution in [0.5, 0.6) is 5.75 Å². The lowest BCUT2D eigenvalue weighted by Gasteiger charge is -2.10. The summed E-state index contributed by atoms with van der Waals surface area (Å²) in [6.45, 7) is 5.12. The number of rotatable bonds is 7. The Morgan fingerprint density at radius 1 is 1.33 bits per heavy atom. The molecule has 0 aliphatic rings. The average molecular weight is 289 g/mol. The lowest BCUT2D eigenvalue weighted by atomic mass is 10.2. The van der Waals surface area contributed by atoms with Crippen molar-refractivity contribution in [1.82, 2.24) is 15.0 Å². The summed E-state index contributed by atoms with van der Waals surface area (Å²) in [5.41, 5.74) is 0.611. The number of carboxylic acid groups (broad SMARTS) is 1. The molecule has 1 aromatic heterocycles. The van der Waals surface area contributed by atoms with Crippen LogP contribution in [0.4, 0.5) is 0 Å². The van der Waals surface area contributed by atoms with E-state index in [1.807, 2.05) is 44.2 Å². The van der Waals surface area contributed by atoms with E-state index in [2.05, 4.69) is 10.3 Å². The minimum Gasteiger partial charge on any atom is -0.493 e. The van der Waals surface area contributed by atoms with Crippen molar-refractivity contribution in [2.45, 2.75) is 26.8 Å². The molecule has 0 saturated heterocycles. The van der Waals surface area contributed by atoms with Crippen molar-refractivity contribution in [2.75, 3.05) is 6.61 Å². The molecule has 1 heterocycles. The third kappa shape index (κ3) is 4.05. The summed E-state index contributed by atoms with van der Waals surface area (Å²) in [6.07, 6.45) is 0.455. The predicted molar refractivity (Wildman–Crippen MR) is 77.5 cm³/mol. The van der Waals surface area contributed by atoms with Crippen molar-refractivity contribution in [1.29, 1.82) is 0 Å². The lowest BCUT2D eigenvalue weighted by Crippen LogP contribution is -2.14. The van der Waals surface area contributed by atoms with Crippen LogP contribution in [0.2, 0.25) is 0 Å². The van der Waals surface area contributed by atoms with Gasteiger partial charge in [-0.2, -0.15) is 0 Å². The average Bonchev–Trinajstić information content (AvgIpc) is 2.82. The molecule has 0 saturated carbocycles. The summed E-state index contributed by atoms with van der Waals surface area (Å²) >= 11 is 0. The molecule has 2 aromatic rings. The Balaban J connectivity index is 2.06. The van der Waals surface area contributed by atoms with Crippen LogP contribution in [0, 0.1) is 5.92 Å². The molecule has 6 nitrogen and oxygen atoms in total. The number of aromatic nitrogens is 3. The first-order chi connectivity index (χ1) is 10.1. The molecule has 112 valence electrons. The molecule has 0 aliphatic carbocycles. The van der Waals surface area contributed by atoms with Crippen LogP contribution in [0.15, 0.2) is 30.3 Å². The van der Waals surface area contributed by atoms with E-state index in [4.69, 9.17) is 4.74 Å². The topological polar surface area (TPSA) is 77.2 Å². The van der Waals surface area contributed by atoms with Gasteiger partial charge in [-0.3, -0.25) is 0 Å². The Labute approximate surface area is 123 Å². The maximum absolute atomic E-state index is 11.2. The molecule has 0 unspecified atom stereocenters. The third-order valence-electron chi connectivity index (χ3n) is 2.93. The maximum atomic E-state index is 11.2. The van der Waals surface area contributed by atoms with Gasteiger partial charge in [-0.05, 0) is 18.1 Å². The van der Waals surface area contributed by atoms with Gasteiger partial charge in [0.2, 0.25) is 0 Å². The van der Waals surface area contributed by atoms with E-state index in [1.54, 1.807) is 4.68 Å². The molecule has 2 rings (SSSR count). The molecular weight excluding hydrogens is 270 g/mol. The Bertz CT molecular complexity index is 593. The van der Waals surface area contributed by atoms with E-state index in [9.17, 15) is 9.90 Å². The lowest BCUT2D eigenvalue weighted by molar-refractivity contribution is 0.0689. The third-order valence-corrected chi connectivity index (χ3v) is 2.93. The van der Waals surface area contributed by atoms with Crippen LogP contribution >= 0.6 is 0 Å². The number of carbonyl (C=O) groups is 1. The zero-order valence-electron chi connectivity index (χ0n) is 12.2. The highest BCUT2D eigenvalue weighted by molar-refractivity contribution is 5.86. The van der Waals surface area contributed by atoms with Crippen LogP contribution in [0.25, 0.3) is 0 Å². The molecular formula is C15H19N3O3. The molecule has 0 radical (unpaired) electrons. The van der Waals surface area contributed by atoms with Crippen molar-refractivity contribution >= 4 is 5.97 Å². The van der Waals surface area contributed by atoms with Gasteiger partial charge in [0.1, 0.15) is 5.75 Å². The van der Waals surface area contributed by atoms with Gasteiger partial charge in [0, 0.05) is 13.0 Å². The largest absolute Gasteiger partial charge is 0.493 e. The van der Waals surface area contributed by atoms with Crippen LogP contribution in [0.1, 0.15) is 30.0 Å². The Hall–Kier alpha value is -2.37. The Kier molecular flexibility index (Phi) is 4.92. The number of carboxylic acids is 1. The van der Waals surface area contributed by atoms with Gasteiger partial charge in [0.05, 0.1) is 12.3 Å². The first-order valence-electron chi connectivity index (χ1n) is 6.91. The monoisotopic (exact) mass is 289 g/mol. The van der Waals surface area contributed by atoms with Crippen LogP contribution in [0.3, 0.4) is 0 Å². The van der Waals surface area contributed by atoms with Gasteiger partial charge in [-0.25, -0.2) is 9.48 Å². The number of nitrogens with zero attached hydrogens (tertiary/aromatic N) is 3. The van der Waals surface area contributed by atoms with Crippen LogP contribution in [-0.2, 0) is 13.0 Å². The predicted octanol–water partition coefficient (Wildman–Crippen LogP) is 2.25.